The summed E-state index contributed by atoms with van der Waals surface area (Å²) in [6, 6.07) is 3.23. The third-order valence-electron chi connectivity index (χ3n) is 4.08. The van der Waals surface area contributed by atoms with Crippen molar-refractivity contribution in [3.63, 3.8) is 0 Å². The predicted octanol–water partition coefficient (Wildman–Crippen LogP) is 3.56. The molecule has 1 aromatic heterocycles. The molecule has 2 rings (SSSR count). The molecule has 0 bridgehead atoms. The maximum atomic E-state index is 14.0. The highest BCUT2D eigenvalue weighted by atomic mass is 19.1. The van der Waals surface area contributed by atoms with E-state index in [0.29, 0.717) is 24.1 Å². The predicted molar refractivity (Wildman–Crippen MR) is 101 cm³/mol. The van der Waals surface area contributed by atoms with Gasteiger partial charge in [0.15, 0.2) is 0 Å². The van der Waals surface area contributed by atoms with Crippen LogP contribution in [0, 0.1) is 19.7 Å². The summed E-state index contributed by atoms with van der Waals surface area (Å²) in [6.45, 7) is 9.89. The SMILES string of the molecule is C=C(C)/C=C\C(=C/N)C(=O)NCCc1c(C)[nH]c2c(F)ccc(C)c12. The number of carbonyl (C=O) groups excluding carboxylic acids is 1. The molecule has 0 aliphatic rings. The molecule has 1 heterocycles. The van der Waals surface area contributed by atoms with Crippen LogP contribution in [0.3, 0.4) is 0 Å². The number of aromatic nitrogens is 1. The zero-order valence-electron chi connectivity index (χ0n) is 14.9. The van der Waals surface area contributed by atoms with Crippen LogP contribution in [0.25, 0.3) is 10.9 Å². The lowest BCUT2D eigenvalue weighted by Gasteiger charge is -2.07. The number of halogens is 1. The van der Waals surface area contributed by atoms with Crippen molar-refractivity contribution in [1.82, 2.24) is 10.3 Å². The van der Waals surface area contributed by atoms with E-state index < -0.39 is 0 Å². The molecular weight excluding hydrogens is 317 g/mol. The van der Waals surface area contributed by atoms with Crippen molar-refractivity contribution in [3.8, 4) is 0 Å². The van der Waals surface area contributed by atoms with E-state index in [2.05, 4.69) is 16.9 Å². The van der Waals surface area contributed by atoms with Crippen molar-refractivity contribution >= 4 is 16.8 Å². The Morgan fingerprint density at radius 2 is 2.08 bits per heavy atom. The molecule has 0 spiro atoms. The van der Waals surface area contributed by atoms with Gasteiger partial charge in [0.05, 0.1) is 11.1 Å². The summed E-state index contributed by atoms with van der Waals surface area (Å²) in [6.07, 6.45) is 5.23. The molecule has 1 amide bonds. The van der Waals surface area contributed by atoms with Crippen LogP contribution < -0.4 is 11.1 Å². The second-order valence-corrected chi connectivity index (χ2v) is 6.15. The first-order valence-corrected chi connectivity index (χ1v) is 8.15. The minimum Gasteiger partial charge on any atom is -0.404 e. The van der Waals surface area contributed by atoms with Crippen molar-refractivity contribution in [3.05, 3.63) is 70.8 Å². The van der Waals surface area contributed by atoms with Crippen molar-refractivity contribution < 1.29 is 9.18 Å². The maximum absolute atomic E-state index is 14.0. The quantitative estimate of drug-likeness (QED) is 0.555. The van der Waals surface area contributed by atoms with Gasteiger partial charge in [-0.3, -0.25) is 4.79 Å². The standard InChI is InChI=1S/C20H24FN3O/c1-12(2)5-7-15(11-22)20(25)23-10-9-16-14(4)24-19-17(21)8-6-13(3)18(16)19/h5-8,11,24H,1,9-10,22H2,2-4H3,(H,23,25)/b7-5-,15-11+. The minimum atomic E-state index is -0.266. The molecule has 0 aliphatic carbocycles. The van der Waals surface area contributed by atoms with Gasteiger partial charge in [-0.2, -0.15) is 0 Å². The summed E-state index contributed by atoms with van der Waals surface area (Å²) in [4.78, 5) is 15.3. The van der Waals surface area contributed by atoms with Gasteiger partial charge < -0.3 is 16.0 Å². The molecule has 0 saturated carbocycles. The Labute approximate surface area is 147 Å². The molecule has 0 saturated heterocycles. The monoisotopic (exact) mass is 341 g/mol. The zero-order chi connectivity index (χ0) is 18.6. The van der Waals surface area contributed by atoms with Crippen LogP contribution in [0.5, 0.6) is 0 Å². The van der Waals surface area contributed by atoms with E-state index in [9.17, 15) is 9.18 Å². The van der Waals surface area contributed by atoms with Crippen LogP contribution in [-0.2, 0) is 11.2 Å². The number of carbonyl (C=O) groups is 1. The highest BCUT2D eigenvalue weighted by molar-refractivity contribution is 5.96. The summed E-state index contributed by atoms with van der Waals surface area (Å²) in [5.74, 6) is -0.516. The van der Waals surface area contributed by atoms with Crippen molar-refractivity contribution in [2.45, 2.75) is 27.2 Å². The van der Waals surface area contributed by atoms with Crippen LogP contribution in [0.4, 0.5) is 4.39 Å². The third-order valence-corrected chi connectivity index (χ3v) is 4.08. The molecule has 25 heavy (non-hydrogen) atoms. The number of nitrogens with one attached hydrogen (secondary N) is 2. The summed E-state index contributed by atoms with van der Waals surface area (Å²) >= 11 is 0. The minimum absolute atomic E-state index is 0.250. The van der Waals surface area contributed by atoms with Crippen LogP contribution in [-0.4, -0.2) is 17.4 Å². The van der Waals surface area contributed by atoms with Gasteiger partial charge in [-0.25, -0.2) is 4.39 Å². The van der Waals surface area contributed by atoms with E-state index in [4.69, 9.17) is 5.73 Å². The molecule has 0 unspecified atom stereocenters. The summed E-state index contributed by atoms with van der Waals surface area (Å²) in [5.41, 5.74) is 10.2. The van der Waals surface area contributed by atoms with Gasteiger partial charge in [-0.1, -0.05) is 24.3 Å². The number of hydrogen-bond acceptors (Lipinski definition) is 2. The van der Waals surface area contributed by atoms with Gasteiger partial charge >= 0.3 is 0 Å². The van der Waals surface area contributed by atoms with E-state index in [1.54, 1.807) is 18.2 Å². The lowest BCUT2D eigenvalue weighted by molar-refractivity contribution is -0.117. The van der Waals surface area contributed by atoms with E-state index in [-0.39, 0.29) is 11.7 Å². The lowest BCUT2D eigenvalue weighted by Crippen LogP contribution is -2.27. The number of hydrogen-bond donors (Lipinski definition) is 3. The molecular formula is C20H24FN3O. The third kappa shape index (κ3) is 4.18. The summed E-state index contributed by atoms with van der Waals surface area (Å²) in [7, 11) is 0. The molecule has 4 N–H and O–H groups in total. The molecule has 132 valence electrons. The van der Waals surface area contributed by atoms with Gasteiger partial charge in [-0.15, -0.1) is 0 Å². The fourth-order valence-corrected chi connectivity index (χ4v) is 2.80. The van der Waals surface area contributed by atoms with Crippen LogP contribution in [0.1, 0.15) is 23.7 Å². The summed E-state index contributed by atoms with van der Waals surface area (Å²) in [5, 5.41) is 3.74. The van der Waals surface area contributed by atoms with Gasteiger partial charge in [-0.05, 0) is 50.5 Å². The van der Waals surface area contributed by atoms with Crippen molar-refractivity contribution in [2.75, 3.05) is 6.54 Å². The Morgan fingerprint density at radius 1 is 1.36 bits per heavy atom. The second kappa shape index (κ2) is 7.83. The Balaban J connectivity index is 2.11. The molecule has 0 atom stereocenters. The number of aryl methyl sites for hydroxylation is 2. The van der Waals surface area contributed by atoms with Gasteiger partial charge in [0, 0.05) is 23.8 Å². The van der Waals surface area contributed by atoms with Crippen LogP contribution in [0.2, 0.25) is 0 Å². The zero-order valence-corrected chi connectivity index (χ0v) is 14.9. The molecule has 5 heteroatoms. The Kier molecular flexibility index (Phi) is 5.80. The lowest BCUT2D eigenvalue weighted by atomic mass is 10.0. The molecule has 0 aliphatic heterocycles. The van der Waals surface area contributed by atoms with E-state index in [0.717, 1.165) is 27.8 Å². The number of rotatable bonds is 6. The number of allylic oxidation sites excluding steroid dienone is 2. The number of fused-ring (bicyclic) bond motifs is 1. The average molecular weight is 341 g/mol. The fraction of sp³-hybridized carbons (Fsp3) is 0.250. The number of benzene rings is 1. The first kappa shape index (κ1) is 18.5. The fourth-order valence-electron chi connectivity index (χ4n) is 2.80. The number of aromatic amines is 1. The molecule has 1 aromatic carbocycles. The Bertz CT molecular complexity index is 875. The first-order valence-electron chi connectivity index (χ1n) is 8.15. The Morgan fingerprint density at radius 3 is 2.72 bits per heavy atom. The summed E-state index contributed by atoms with van der Waals surface area (Å²) < 4.78 is 14.0. The van der Waals surface area contributed by atoms with Crippen LogP contribution in [0.15, 0.2) is 48.2 Å². The van der Waals surface area contributed by atoms with Gasteiger partial charge in [0.2, 0.25) is 0 Å². The maximum Gasteiger partial charge on any atom is 0.252 e. The highest BCUT2D eigenvalue weighted by Gasteiger charge is 2.14. The second-order valence-electron chi connectivity index (χ2n) is 6.15. The van der Waals surface area contributed by atoms with Gasteiger partial charge in [0.1, 0.15) is 5.82 Å². The largest absolute Gasteiger partial charge is 0.404 e. The van der Waals surface area contributed by atoms with Crippen molar-refractivity contribution in [1.29, 1.82) is 0 Å². The number of amides is 1. The Hall–Kier alpha value is -2.82. The van der Waals surface area contributed by atoms with Gasteiger partial charge in [0.25, 0.3) is 5.91 Å². The van der Waals surface area contributed by atoms with E-state index in [1.165, 1.54) is 12.3 Å². The number of nitrogens with two attached hydrogens (primary N) is 1. The molecule has 2 aromatic rings. The van der Waals surface area contributed by atoms with E-state index in [1.807, 2.05) is 20.8 Å². The smallest absolute Gasteiger partial charge is 0.252 e. The normalized spacial score (nSPS) is 12.1. The average Bonchev–Trinajstić information content (AvgIpc) is 2.89. The van der Waals surface area contributed by atoms with Crippen molar-refractivity contribution in [2.24, 2.45) is 5.73 Å². The molecule has 0 fully saturated rings. The highest BCUT2D eigenvalue weighted by Crippen LogP contribution is 2.27. The molecule has 4 nitrogen and oxygen atoms in total. The number of H-pyrrole nitrogens is 1. The topological polar surface area (TPSA) is 70.9 Å². The first-order chi connectivity index (χ1) is 11.8. The van der Waals surface area contributed by atoms with E-state index >= 15 is 0 Å². The van der Waals surface area contributed by atoms with Crippen LogP contribution >= 0.6 is 0 Å². The molecule has 0 radical (unpaired) electrons.